The number of carbonyl (C=O) groups is 1. The van der Waals surface area contributed by atoms with Crippen LogP contribution in [-0.2, 0) is 0 Å². The summed E-state index contributed by atoms with van der Waals surface area (Å²) in [5.41, 5.74) is 3.92. The second kappa shape index (κ2) is 6.88. The van der Waals surface area contributed by atoms with Crippen LogP contribution in [0.25, 0.3) is 11.0 Å². The molecule has 0 spiro atoms. The van der Waals surface area contributed by atoms with Crippen molar-refractivity contribution in [3.63, 3.8) is 0 Å². The molecule has 0 aliphatic carbocycles. The molecule has 1 aliphatic rings. The average molecular weight is 370 g/mol. The Kier molecular flexibility index (Phi) is 4.42. The number of hydrogen-bond acceptors (Lipinski definition) is 3. The van der Waals surface area contributed by atoms with Crippen LogP contribution in [0.3, 0.4) is 0 Å². The number of aromatic nitrogens is 2. The number of imidazole rings is 1. The Morgan fingerprint density at radius 3 is 2.73 bits per heavy atom. The maximum absolute atomic E-state index is 12.4. The molecule has 0 radical (unpaired) electrons. The summed E-state index contributed by atoms with van der Waals surface area (Å²) >= 11 is 5.96. The number of aromatic amines is 1. The van der Waals surface area contributed by atoms with Crippen molar-refractivity contribution in [2.75, 3.05) is 36.4 Å². The lowest BCUT2D eigenvalue weighted by Gasteiger charge is -2.34. The van der Waals surface area contributed by atoms with Crippen molar-refractivity contribution in [1.29, 1.82) is 0 Å². The highest BCUT2D eigenvalue weighted by molar-refractivity contribution is 6.30. The number of benzene rings is 2. The predicted octanol–water partition coefficient (Wildman–Crippen LogP) is 3.88. The van der Waals surface area contributed by atoms with Gasteiger partial charge < -0.3 is 20.1 Å². The molecular formula is C19H20ClN5O. The van der Waals surface area contributed by atoms with Gasteiger partial charge in [-0.3, -0.25) is 0 Å². The van der Waals surface area contributed by atoms with Crippen molar-refractivity contribution in [3.8, 4) is 0 Å². The number of amides is 2. The van der Waals surface area contributed by atoms with Crippen LogP contribution in [0, 0.1) is 6.92 Å². The molecule has 2 heterocycles. The molecule has 1 fully saturated rings. The van der Waals surface area contributed by atoms with Gasteiger partial charge in [0.1, 0.15) is 0 Å². The molecule has 26 heavy (non-hydrogen) atoms. The van der Waals surface area contributed by atoms with Crippen LogP contribution in [0.5, 0.6) is 0 Å². The first-order chi connectivity index (χ1) is 12.6. The predicted molar refractivity (Wildman–Crippen MR) is 105 cm³/mol. The van der Waals surface area contributed by atoms with E-state index in [9.17, 15) is 4.79 Å². The fourth-order valence-corrected chi connectivity index (χ4v) is 3.34. The van der Waals surface area contributed by atoms with Gasteiger partial charge in [0, 0.05) is 36.9 Å². The second-order valence-corrected chi connectivity index (χ2v) is 6.93. The highest BCUT2D eigenvalue weighted by Gasteiger charge is 2.23. The molecule has 4 rings (SSSR count). The highest BCUT2D eigenvalue weighted by atomic mass is 35.5. The molecule has 7 heteroatoms. The minimum atomic E-state index is -0.104. The Morgan fingerprint density at radius 2 is 1.96 bits per heavy atom. The van der Waals surface area contributed by atoms with E-state index in [1.807, 2.05) is 23.1 Å². The molecule has 1 saturated heterocycles. The topological polar surface area (TPSA) is 64.3 Å². The van der Waals surface area contributed by atoms with Crippen LogP contribution in [-0.4, -0.2) is 47.1 Å². The molecule has 3 aromatic rings. The van der Waals surface area contributed by atoms with E-state index in [2.05, 4.69) is 39.2 Å². The standard InChI is InChI=1S/C19H20ClN5O/c1-13-5-6-16-17(11-13)23-18(22-16)24-7-9-25(10-8-24)19(26)21-15-4-2-3-14(20)12-15/h2-6,11-12H,7-10H2,1H3,(H,21,26)(H,22,23). The normalized spacial score (nSPS) is 14.7. The number of aryl methyl sites for hydroxylation is 1. The number of urea groups is 1. The number of nitrogens with one attached hydrogen (secondary N) is 2. The van der Waals surface area contributed by atoms with Crippen LogP contribution < -0.4 is 10.2 Å². The molecule has 2 amide bonds. The summed E-state index contributed by atoms with van der Waals surface area (Å²) in [7, 11) is 0. The monoisotopic (exact) mass is 369 g/mol. The average Bonchev–Trinajstić information content (AvgIpc) is 3.05. The smallest absolute Gasteiger partial charge is 0.321 e. The number of anilines is 2. The third-order valence-corrected chi connectivity index (χ3v) is 4.80. The van der Waals surface area contributed by atoms with Gasteiger partial charge >= 0.3 is 6.03 Å². The largest absolute Gasteiger partial charge is 0.339 e. The van der Waals surface area contributed by atoms with Gasteiger partial charge in [0.2, 0.25) is 5.95 Å². The molecule has 2 aromatic carbocycles. The summed E-state index contributed by atoms with van der Waals surface area (Å²) in [5, 5.41) is 3.50. The van der Waals surface area contributed by atoms with Gasteiger partial charge in [-0.25, -0.2) is 9.78 Å². The molecule has 0 saturated carbocycles. The van der Waals surface area contributed by atoms with Crippen LogP contribution >= 0.6 is 11.6 Å². The molecule has 134 valence electrons. The summed E-state index contributed by atoms with van der Waals surface area (Å²) in [4.78, 5) is 24.5. The van der Waals surface area contributed by atoms with Gasteiger partial charge in [-0.15, -0.1) is 0 Å². The summed E-state index contributed by atoms with van der Waals surface area (Å²) in [6, 6.07) is 13.3. The number of fused-ring (bicyclic) bond motifs is 1. The lowest BCUT2D eigenvalue weighted by molar-refractivity contribution is 0.208. The van der Waals surface area contributed by atoms with E-state index < -0.39 is 0 Å². The number of halogens is 1. The number of H-pyrrole nitrogens is 1. The summed E-state index contributed by atoms with van der Waals surface area (Å²) in [6.45, 7) is 4.83. The molecule has 0 unspecified atom stereocenters. The van der Waals surface area contributed by atoms with Crippen molar-refractivity contribution in [3.05, 3.63) is 53.1 Å². The summed E-state index contributed by atoms with van der Waals surface area (Å²) in [6.07, 6.45) is 0. The maximum Gasteiger partial charge on any atom is 0.321 e. The van der Waals surface area contributed by atoms with Crippen molar-refractivity contribution >= 4 is 40.3 Å². The van der Waals surface area contributed by atoms with Gasteiger partial charge in [0.25, 0.3) is 0 Å². The second-order valence-electron chi connectivity index (χ2n) is 6.50. The zero-order chi connectivity index (χ0) is 18.1. The van der Waals surface area contributed by atoms with E-state index in [-0.39, 0.29) is 6.03 Å². The van der Waals surface area contributed by atoms with Gasteiger partial charge in [-0.2, -0.15) is 0 Å². The molecular weight excluding hydrogens is 350 g/mol. The zero-order valence-electron chi connectivity index (χ0n) is 14.5. The van der Waals surface area contributed by atoms with Gasteiger partial charge in [-0.1, -0.05) is 23.7 Å². The first-order valence-electron chi connectivity index (χ1n) is 8.61. The number of carbonyl (C=O) groups excluding carboxylic acids is 1. The Morgan fingerprint density at radius 1 is 1.15 bits per heavy atom. The van der Waals surface area contributed by atoms with Crippen molar-refractivity contribution in [1.82, 2.24) is 14.9 Å². The van der Waals surface area contributed by atoms with Crippen molar-refractivity contribution in [2.45, 2.75) is 6.92 Å². The highest BCUT2D eigenvalue weighted by Crippen LogP contribution is 2.20. The molecule has 0 bridgehead atoms. The quantitative estimate of drug-likeness (QED) is 0.720. The lowest BCUT2D eigenvalue weighted by atomic mass is 10.2. The van der Waals surface area contributed by atoms with Gasteiger partial charge in [0.15, 0.2) is 0 Å². The van der Waals surface area contributed by atoms with Crippen LogP contribution in [0.4, 0.5) is 16.4 Å². The van der Waals surface area contributed by atoms with E-state index in [1.54, 1.807) is 12.1 Å². The molecule has 6 nitrogen and oxygen atoms in total. The Hall–Kier alpha value is -2.73. The minimum absolute atomic E-state index is 0.104. The van der Waals surface area contributed by atoms with Crippen molar-refractivity contribution < 1.29 is 4.79 Å². The minimum Gasteiger partial charge on any atom is -0.339 e. The third-order valence-electron chi connectivity index (χ3n) is 4.57. The van der Waals surface area contributed by atoms with E-state index in [1.165, 1.54) is 5.56 Å². The van der Waals surface area contributed by atoms with Crippen LogP contribution in [0.1, 0.15) is 5.56 Å². The summed E-state index contributed by atoms with van der Waals surface area (Å²) in [5.74, 6) is 0.862. The molecule has 2 N–H and O–H groups in total. The lowest BCUT2D eigenvalue weighted by Crippen LogP contribution is -2.50. The van der Waals surface area contributed by atoms with E-state index in [0.717, 1.165) is 30.1 Å². The maximum atomic E-state index is 12.4. The Balaban J connectivity index is 1.39. The fraction of sp³-hybridized carbons (Fsp3) is 0.263. The van der Waals surface area contributed by atoms with Crippen molar-refractivity contribution in [2.24, 2.45) is 0 Å². The first-order valence-corrected chi connectivity index (χ1v) is 8.99. The number of piperazine rings is 1. The van der Waals surface area contributed by atoms with E-state index in [4.69, 9.17) is 11.6 Å². The fourth-order valence-electron chi connectivity index (χ4n) is 3.15. The molecule has 0 atom stereocenters. The van der Waals surface area contributed by atoms with Crippen LogP contribution in [0.15, 0.2) is 42.5 Å². The van der Waals surface area contributed by atoms with E-state index >= 15 is 0 Å². The molecule has 1 aromatic heterocycles. The zero-order valence-corrected chi connectivity index (χ0v) is 15.3. The summed E-state index contributed by atoms with van der Waals surface area (Å²) < 4.78 is 0. The Bertz CT molecular complexity index is 946. The number of rotatable bonds is 2. The van der Waals surface area contributed by atoms with Gasteiger partial charge in [-0.05, 0) is 42.8 Å². The van der Waals surface area contributed by atoms with Gasteiger partial charge in [0.05, 0.1) is 11.0 Å². The van der Waals surface area contributed by atoms with Crippen LogP contribution in [0.2, 0.25) is 5.02 Å². The first kappa shape index (κ1) is 16.7. The number of nitrogens with zero attached hydrogens (tertiary/aromatic N) is 3. The Labute approximate surface area is 156 Å². The SMILES string of the molecule is Cc1ccc2nc(N3CCN(C(=O)Nc4cccc(Cl)c4)CC3)[nH]c2c1. The van der Waals surface area contributed by atoms with E-state index in [0.29, 0.717) is 23.8 Å². The molecule has 1 aliphatic heterocycles. The third kappa shape index (κ3) is 3.46. The number of hydrogen-bond donors (Lipinski definition) is 2.